The van der Waals surface area contributed by atoms with E-state index in [1.807, 2.05) is 11.8 Å². The van der Waals surface area contributed by atoms with Crippen molar-refractivity contribution < 1.29 is 31.6 Å². The van der Waals surface area contributed by atoms with E-state index in [2.05, 4.69) is 15.3 Å². The Kier molecular flexibility index (Phi) is 8.90. The lowest BCUT2D eigenvalue weighted by Gasteiger charge is -2.34. The van der Waals surface area contributed by atoms with Gasteiger partial charge in [0.05, 0.1) is 5.69 Å². The fraction of sp³-hybridized carbons (Fsp3) is 0.542. The van der Waals surface area contributed by atoms with Gasteiger partial charge >= 0.3 is 6.16 Å². The first-order valence-corrected chi connectivity index (χ1v) is 13.8. The number of piperidine rings is 1. The topological polar surface area (TPSA) is 114 Å². The average Bonchev–Trinajstić information content (AvgIpc) is 2.79. The van der Waals surface area contributed by atoms with E-state index in [4.69, 9.17) is 9.57 Å². The number of carbonyl (C=O) groups is 1. The van der Waals surface area contributed by atoms with Crippen LogP contribution in [0.25, 0.3) is 0 Å². The van der Waals surface area contributed by atoms with E-state index in [-0.39, 0.29) is 11.5 Å². The highest BCUT2D eigenvalue weighted by molar-refractivity contribution is 7.90. The molecule has 0 unspecified atom stereocenters. The molecule has 0 atom stereocenters. The fourth-order valence-electron chi connectivity index (χ4n) is 3.89. The van der Waals surface area contributed by atoms with Crippen molar-refractivity contribution in [3.63, 3.8) is 0 Å². The molecule has 0 radical (unpaired) electrons. The van der Waals surface area contributed by atoms with Gasteiger partial charge in [0.1, 0.15) is 40.1 Å². The van der Waals surface area contributed by atoms with Gasteiger partial charge < -0.3 is 19.8 Å². The van der Waals surface area contributed by atoms with Gasteiger partial charge in [0, 0.05) is 44.6 Å². The van der Waals surface area contributed by atoms with E-state index in [9.17, 15) is 22.0 Å². The maximum atomic E-state index is 14.5. The summed E-state index contributed by atoms with van der Waals surface area (Å²) in [6, 6.07) is 3.05. The summed E-state index contributed by atoms with van der Waals surface area (Å²) in [6.45, 7) is 9.80. The number of aromatic nitrogens is 2. The van der Waals surface area contributed by atoms with Crippen LogP contribution in [0.5, 0.6) is 0 Å². The Morgan fingerprint density at radius 1 is 1.16 bits per heavy atom. The second-order valence-electron chi connectivity index (χ2n) is 9.89. The van der Waals surface area contributed by atoms with Gasteiger partial charge in [-0.05, 0) is 52.5 Å². The SMILES string of the molecule is CCN(CC1CCN(OC(=O)OC(C)(C)C)CC1)c1cc(Nc2cc(F)c(S(C)(=O)=O)cc2F)ncn1. The van der Waals surface area contributed by atoms with E-state index >= 15 is 0 Å². The minimum Gasteiger partial charge on any atom is -0.427 e. The molecule has 0 bridgehead atoms. The van der Waals surface area contributed by atoms with Crippen LogP contribution in [0.1, 0.15) is 40.5 Å². The third kappa shape index (κ3) is 8.22. The molecule has 1 aliphatic rings. The summed E-state index contributed by atoms with van der Waals surface area (Å²) < 4.78 is 57.2. The molecule has 3 rings (SSSR count). The van der Waals surface area contributed by atoms with Crippen LogP contribution in [0, 0.1) is 17.6 Å². The van der Waals surface area contributed by atoms with Gasteiger partial charge in [-0.1, -0.05) is 0 Å². The number of anilines is 3. The van der Waals surface area contributed by atoms with Gasteiger partial charge in [0.25, 0.3) is 0 Å². The number of sulfone groups is 1. The lowest BCUT2D eigenvalue weighted by molar-refractivity contribution is -0.154. The van der Waals surface area contributed by atoms with Crippen LogP contribution >= 0.6 is 0 Å². The van der Waals surface area contributed by atoms with Gasteiger partial charge in [0.15, 0.2) is 9.84 Å². The Morgan fingerprint density at radius 3 is 2.43 bits per heavy atom. The first-order chi connectivity index (χ1) is 17.2. The van der Waals surface area contributed by atoms with Crippen LogP contribution in [0.15, 0.2) is 29.4 Å². The third-order valence-electron chi connectivity index (χ3n) is 5.69. The maximum absolute atomic E-state index is 14.5. The Morgan fingerprint density at radius 2 is 1.84 bits per heavy atom. The zero-order valence-electron chi connectivity index (χ0n) is 21.6. The van der Waals surface area contributed by atoms with E-state index in [1.54, 1.807) is 31.9 Å². The molecule has 37 heavy (non-hydrogen) atoms. The zero-order valence-corrected chi connectivity index (χ0v) is 22.4. The van der Waals surface area contributed by atoms with Crippen molar-refractivity contribution in [2.24, 2.45) is 5.92 Å². The lowest BCUT2D eigenvalue weighted by atomic mass is 9.97. The van der Waals surface area contributed by atoms with Crippen molar-refractivity contribution in [3.8, 4) is 0 Å². The van der Waals surface area contributed by atoms with Gasteiger partial charge in [-0.25, -0.2) is 32.0 Å². The largest absolute Gasteiger partial charge is 0.528 e. The molecule has 0 aliphatic carbocycles. The Bertz CT molecular complexity index is 1210. The van der Waals surface area contributed by atoms with Crippen LogP contribution in [-0.2, 0) is 19.4 Å². The summed E-state index contributed by atoms with van der Waals surface area (Å²) in [7, 11) is -3.91. The molecule has 204 valence electrons. The van der Waals surface area contributed by atoms with Crippen LogP contribution in [0.2, 0.25) is 0 Å². The molecule has 1 N–H and O–H groups in total. The summed E-state index contributed by atoms with van der Waals surface area (Å²) >= 11 is 0. The highest BCUT2D eigenvalue weighted by atomic mass is 32.2. The summed E-state index contributed by atoms with van der Waals surface area (Å²) in [5.74, 6) is -0.831. The van der Waals surface area contributed by atoms with Crippen molar-refractivity contribution >= 4 is 33.3 Å². The van der Waals surface area contributed by atoms with E-state index in [0.29, 0.717) is 44.0 Å². The predicted octanol–water partition coefficient (Wildman–Crippen LogP) is 4.31. The molecule has 13 heteroatoms. The maximum Gasteiger partial charge on any atom is 0.528 e. The molecule has 1 fully saturated rings. The quantitative estimate of drug-likeness (QED) is 0.485. The van der Waals surface area contributed by atoms with E-state index in [0.717, 1.165) is 25.2 Å². The van der Waals surface area contributed by atoms with Crippen molar-refractivity contribution in [2.45, 2.75) is 51.0 Å². The molecule has 0 saturated carbocycles. The van der Waals surface area contributed by atoms with Crippen molar-refractivity contribution in [1.82, 2.24) is 15.0 Å². The van der Waals surface area contributed by atoms with Crippen molar-refractivity contribution in [3.05, 3.63) is 36.2 Å². The normalized spacial score (nSPS) is 15.3. The van der Waals surface area contributed by atoms with Crippen molar-refractivity contribution in [2.75, 3.05) is 42.7 Å². The van der Waals surface area contributed by atoms with Crippen molar-refractivity contribution in [1.29, 1.82) is 0 Å². The first-order valence-electron chi connectivity index (χ1n) is 11.9. The molecule has 2 heterocycles. The van der Waals surface area contributed by atoms with E-state index in [1.165, 1.54) is 6.33 Å². The third-order valence-corrected chi connectivity index (χ3v) is 6.80. The zero-order chi connectivity index (χ0) is 27.4. The number of hydroxylamine groups is 2. The predicted molar refractivity (Wildman–Crippen MR) is 134 cm³/mol. The minimum absolute atomic E-state index is 0.231. The summed E-state index contributed by atoms with van der Waals surface area (Å²) in [6.07, 6.45) is 3.01. The van der Waals surface area contributed by atoms with Crippen LogP contribution in [-0.4, -0.2) is 67.6 Å². The van der Waals surface area contributed by atoms with Gasteiger partial charge in [-0.2, -0.15) is 0 Å². The summed E-state index contributed by atoms with van der Waals surface area (Å²) in [5.41, 5.74) is -0.864. The molecular formula is C24H33F2N5O5S. The summed E-state index contributed by atoms with van der Waals surface area (Å²) in [4.78, 5) is 26.9. The highest BCUT2D eigenvalue weighted by Gasteiger charge is 2.26. The standard InChI is InChI=1S/C24H33F2N5O5S/c1-6-30(14-16-7-9-31(10-8-16)36-23(32)35-24(2,3)4)22-13-21(27-15-28-22)29-19-11-18(26)20(12-17(19)25)37(5,33)34/h11-13,15-16H,6-10,14H2,1-5H3,(H,27,28,29). The molecule has 1 saturated heterocycles. The number of halogens is 2. The molecule has 1 aliphatic heterocycles. The number of hydrogen-bond acceptors (Lipinski definition) is 10. The molecule has 10 nitrogen and oxygen atoms in total. The summed E-state index contributed by atoms with van der Waals surface area (Å²) in [5, 5.41) is 4.31. The molecule has 2 aromatic rings. The minimum atomic E-state index is -3.91. The fourth-order valence-corrected chi connectivity index (χ4v) is 4.62. The number of rotatable bonds is 8. The number of nitrogens with zero attached hydrogens (tertiary/aromatic N) is 4. The number of benzene rings is 1. The van der Waals surface area contributed by atoms with Crippen LogP contribution in [0.3, 0.4) is 0 Å². The first kappa shape index (κ1) is 28.5. The number of carbonyl (C=O) groups excluding carboxylic acids is 1. The second kappa shape index (κ2) is 11.5. The van der Waals surface area contributed by atoms with Crippen LogP contribution in [0.4, 0.5) is 30.9 Å². The Labute approximate surface area is 215 Å². The number of ether oxygens (including phenoxy) is 1. The van der Waals surface area contributed by atoms with Gasteiger partial charge in [-0.15, -0.1) is 5.06 Å². The van der Waals surface area contributed by atoms with E-state index < -0.39 is 38.1 Å². The van der Waals surface area contributed by atoms with Crippen LogP contribution < -0.4 is 10.2 Å². The lowest BCUT2D eigenvalue weighted by Crippen LogP contribution is -2.40. The van der Waals surface area contributed by atoms with Gasteiger partial charge in [-0.3, -0.25) is 0 Å². The highest BCUT2D eigenvalue weighted by Crippen LogP contribution is 2.27. The molecule has 1 aromatic heterocycles. The average molecular weight is 542 g/mol. The Hall–Kier alpha value is -3.06. The molecule has 0 amide bonds. The monoisotopic (exact) mass is 541 g/mol. The molecule has 0 spiro atoms. The number of hydrogen-bond donors (Lipinski definition) is 1. The molecule has 1 aromatic carbocycles. The second-order valence-corrected chi connectivity index (χ2v) is 11.9. The Balaban J connectivity index is 1.62. The van der Waals surface area contributed by atoms with Gasteiger partial charge in [0.2, 0.25) is 0 Å². The smallest absolute Gasteiger partial charge is 0.427 e. The molecular weight excluding hydrogens is 508 g/mol. The number of nitrogens with one attached hydrogen (secondary N) is 1.